The predicted octanol–water partition coefficient (Wildman–Crippen LogP) is 6.85. The second-order valence-electron chi connectivity index (χ2n) is 5.94. The monoisotopic (exact) mass is 477 g/mol. The van der Waals surface area contributed by atoms with E-state index in [0.29, 0.717) is 12.1 Å². The Morgan fingerprint density at radius 3 is 2.42 bits per heavy atom. The van der Waals surface area contributed by atoms with Crippen molar-refractivity contribution < 1.29 is 9.13 Å². The van der Waals surface area contributed by atoms with Crippen LogP contribution in [0.5, 0.6) is 5.75 Å². The van der Waals surface area contributed by atoms with Crippen LogP contribution in [-0.4, -0.2) is 0 Å². The molecule has 0 aromatic heterocycles. The Balaban J connectivity index is 1.74. The van der Waals surface area contributed by atoms with Gasteiger partial charge in [-0.1, -0.05) is 50.1 Å². The highest BCUT2D eigenvalue weighted by molar-refractivity contribution is 9.10. The Morgan fingerprint density at radius 2 is 1.65 bits per heavy atom. The molecule has 5 heteroatoms. The van der Waals surface area contributed by atoms with Crippen LogP contribution in [0.3, 0.4) is 0 Å². The molecule has 0 heterocycles. The van der Waals surface area contributed by atoms with E-state index in [1.807, 2.05) is 36.4 Å². The summed E-state index contributed by atoms with van der Waals surface area (Å²) in [7, 11) is 0. The quantitative estimate of drug-likeness (QED) is 0.418. The number of halogens is 3. The van der Waals surface area contributed by atoms with Crippen LogP contribution in [0.2, 0.25) is 0 Å². The number of rotatable bonds is 6. The number of hydrogen-bond donors (Lipinski definition) is 1. The van der Waals surface area contributed by atoms with Gasteiger partial charge in [0.2, 0.25) is 0 Å². The molecule has 0 saturated carbocycles. The molecular weight excluding hydrogens is 461 g/mol. The maximum atomic E-state index is 13.8. The molecule has 0 aliphatic rings. The van der Waals surface area contributed by atoms with Gasteiger partial charge < -0.3 is 10.1 Å². The molecule has 1 N–H and O–H groups in total. The summed E-state index contributed by atoms with van der Waals surface area (Å²) < 4.78 is 21.7. The Kier molecular flexibility index (Phi) is 6.33. The molecule has 0 amide bonds. The first-order valence-corrected chi connectivity index (χ1v) is 9.76. The van der Waals surface area contributed by atoms with Crippen LogP contribution >= 0.6 is 31.9 Å². The van der Waals surface area contributed by atoms with Gasteiger partial charge in [0.25, 0.3) is 0 Å². The smallest absolute Gasteiger partial charge is 0.129 e. The van der Waals surface area contributed by atoms with E-state index in [4.69, 9.17) is 4.74 Å². The normalized spacial score (nSPS) is 10.6. The zero-order chi connectivity index (χ0) is 18.5. The number of hydrogen-bond acceptors (Lipinski definition) is 2. The lowest BCUT2D eigenvalue weighted by molar-refractivity contribution is 0.297. The Bertz CT molecular complexity index is 914. The molecule has 0 unspecified atom stereocenters. The summed E-state index contributed by atoms with van der Waals surface area (Å²) in [6, 6.07) is 18.6. The average molecular weight is 479 g/mol. The molecule has 0 radical (unpaired) electrons. The van der Waals surface area contributed by atoms with Crippen LogP contribution in [0, 0.1) is 12.7 Å². The van der Waals surface area contributed by atoms with Crippen molar-refractivity contribution in [1.82, 2.24) is 0 Å². The fraction of sp³-hybridized carbons (Fsp3) is 0.143. The van der Waals surface area contributed by atoms with Gasteiger partial charge in [0.1, 0.15) is 18.2 Å². The standard InChI is InChI=1S/C21H18Br2FNO/c1-14-10-17(22)6-8-20(14)25-12-16-11-18(23)7-9-21(16)26-13-15-4-2-3-5-19(15)24/h2-11,25H,12-13H2,1H3. The van der Waals surface area contributed by atoms with E-state index in [2.05, 4.69) is 50.2 Å². The first-order chi connectivity index (χ1) is 12.5. The summed E-state index contributed by atoms with van der Waals surface area (Å²) in [6.45, 7) is 2.86. The van der Waals surface area contributed by atoms with Gasteiger partial charge in [0.05, 0.1) is 0 Å². The number of aryl methyl sites for hydroxylation is 1. The number of ether oxygens (including phenoxy) is 1. The van der Waals surface area contributed by atoms with E-state index in [1.54, 1.807) is 12.1 Å². The molecule has 0 spiro atoms. The van der Waals surface area contributed by atoms with Crippen molar-refractivity contribution in [3.8, 4) is 5.75 Å². The molecule has 134 valence electrons. The number of nitrogens with one attached hydrogen (secondary N) is 1. The minimum absolute atomic E-state index is 0.193. The first kappa shape index (κ1) is 18.9. The molecule has 26 heavy (non-hydrogen) atoms. The summed E-state index contributed by atoms with van der Waals surface area (Å²) in [5.41, 5.74) is 3.76. The van der Waals surface area contributed by atoms with Gasteiger partial charge in [-0.2, -0.15) is 0 Å². The van der Waals surface area contributed by atoms with Crippen molar-refractivity contribution >= 4 is 37.5 Å². The molecule has 0 aliphatic carbocycles. The highest BCUT2D eigenvalue weighted by Gasteiger charge is 2.08. The van der Waals surface area contributed by atoms with Crippen molar-refractivity contribution in [2.24, 2.45) is 0 Å². The van der Waals surface area contributed by atoms with Gasteiger partial charge >= 0.3 is 0 Å². The summed E-state index contributed by atoms with van der Waals surface area (Å²) in [4.78, 5) is 0. The number of benzene rings is 3. The lowest BCUT2D eigenvalue weighted by Gasteiger charge is -2.15. The van der Waals surface area contributed by atoms with Crippen molar-refractivity contribution in [3.63, 3.8) is 0 Å². The zero-order valence-corrected chi connectivity index (χ0v) is 17.4. The van der Waals surface area contributed by atoms with Crippen LogP contribution in [-0.2, 0) is 13.2 Å². The van der Waals surface area contributed by atoms with Gasteiger partial charge in [-0.15, -0.1) is 0 Å². The van der Waals surface area contributed by atoms with Crippen molar-refractivity contribution in [1.29, 1.82) is 0 Å². The lowest BCUT2D eigenvalue weighted by Crippen LogP contribution is -2.05. The second kappa shape index (κ2) is 8.69. The molecule has 3 aromatic carbocycles. The maximum Gasteiger partial charge on any atom is 0.129 e. The fourth-order valence-electron chi connectivity index (χ4n) is 2.61. The summed E-state index contributed by atoms with van der Waals surface area (Å²) in [5, 5.41) is 3.44. The van der Waals surface area contributed by atoms with Crippen LogP contribution in [0.15, 0.2) is 69.6 Å². The van der Waals surface area contributed by atoms with E-state index in [0.717, 1.165) is 31.5 Å². The van der Waals surface area contributed by atoms with Crippen LogP contribution < -0.4 is 10.1 Å². The topological polar surface area (TPSA) is 21.3 Å². The SMILES string of the molecule is Cc1cc(Br)ccc1NCc1cc(Br)ccc1OCc1ccccc1F. The van der Waals surface area contributed by atoms with Crippen LogP contribution in [0.1, 0.15) is 16.7 Å². The third-order valence-corrected chi connectivity index (χ3v) is 5.01. The fourth-order valence-corrected chi connectivity index (χ4v) is 3.50. The van der Waals surface area contributed by atoms with Crippen molar-refractivity contribution in [2.75, 3.05) is 5.32 Å². The van der Waals surface area contributed by atoms with E-state index in [9.17, 15) is 4.39 Å². The summed E-state index contributed by atoms with van der Waals surface area (Å²) in [5.74, 6) is 0.480. The number of anilines is 1. The third kappa shape index (κ3) is 4.86. The molecule has 0 saturated heterocycles. The van der Waals surface area contributed by atoms with Crippen molar-refractivity contribution in [3.05, 3.63) is 92.1 Å². The summed E-state index contributed by atoms with van der Waals surface area (Å²) in [6.07, 6.45) is 0. The highest BCUT2D eigenvalue weighted by atomic mass is 79.9. The molecule has 0 atom stereocenters. The van der Waals surface area contributed by atoms with Gasteiger partial charge in [-0.25, -0.2) is 4.39 Å². The lowest BCUT2D eigenvalue weighted by atomic mass is 10.1. The Morgan fingerprint density at radius 1 is 0.923 bits per heavy atom. The van der Waals surface area contributed by atoms with E-state index in [1.165, 1.54) is 6.07 Å². The van der Waals surface area contributed by atoms with Gasteiger partial charge in [-0.3, -0.25) is 0 Å². The maximum absolute atomic E-state index is 13.8. The molecular formula is C21H18Br2FNO. The molecule has 3 rings (SSSR count). The van der Waals surface area contributed by atoms with Gasteiger partial charge in [-0.05, 0) is 55.0 Å². The minimum atomic E-state index is -0.255. The van der Waals surface area contributed by atoms with E-state index >= 15 is 0 Å². The Hall–Kier alpha value is -1.85. The largest absolute Gasteiger partial charge is 0.488 e. The minimum Gasteiger partial charge on any atom is -0.488 e. The van der Waals surface area contributed by atoms with Gasteiger partial charge in [0, 0.05) is 32.3 Å². The molecule has 3 aromatic rings. The van der Waals surface area contributed by atoms with Crippen molar-refractivity contribution in [2.45, 2.75) is 20.1 Å². The predicted molar refractivity (Wildman–Crippen MR) is 111 cm³/mol. The zero-order valence-electron chi connectivity index (χ0n) is 14.2. The second-order valence-corrected chi connectivity index (χ2v) is 7.78. The highest BCUT2D eigenvalue weighted by Crippen LogP contribution is 2.27. The Labute approximate surface area is 169 Å². The van der Waals surface area contributed by atoms with E-state index < -0.39 is 0 Å². The molecule has 0 bridgehead atoms. The summed E-state index contributed by atoms with van der Waals surface area (Å²) >= 11 is 6.98. The molecule has 0 fully saturated rings. The van der Waals surface area contributed by atoms with Crippen LogP contribution in [0.4, 0.5) is 10.1 Å². The average Bonchev–Trinajstić information content (AvgIpc) is 2.61. The third-order valence-electron chi connectivity index (χ3n) is 4.02. The van der Waals surface area contributed by atoms with Gasteiger partial charge in [0.15, 0.2) is 0 Å². The van der Waals surface area contributed by atoms with Crippen LogP contribution in [0.25, 0.3) is 0 Å². The molecule has 0 aliphatic heterocycles. The molecule has 2 nitrogen and oxygen atoms in total. The van der Waals surface area contributed by atoms with E-state index in [-0.39, 0.29) is 12.4 Å². The first-order valence-electron chi connectivity index (χ1n) is 8.17.